The Balaban J connectivity index is 1.85. The molecule has 0 fully saturated rings. The van der Waals surface area contributed by atoms with E-state index in [0.717, 1.165) is 12.1 Å². The zero-order chi connectivity index (χ0) is 19.0. The molecular weight excluding hydrogens is 344 g/mol. The molecule has 136 valence electrons. The van der Waals surface area contributed by atoms with Crippen LogP contribution in [0.15, 0.2) is 58.4 Å². The minimum Gasteiger partial charge on any atom is -0.478 e. The molecule has 0 amide bonds. The minimum absolute atomic E-state index is 0.0337. The van der Waals surface area contributed by atoms with Crippen molar-refractivity contribution in [2.45, 2.75) is 25.8 Å². The van der Waals surface area contributed by atoms with Gasteiger partial charge in [0.1, 0.15) is 5.71 Å². The van der Waals surface area contributed by atoms with Crippen LogP contribution in [0.5, 0.6) is 0 Å². The van der Waals surface area contributed by atoms with Crippen LogP contribution in [0, 0.1) is 0 Å². The van der Waals surface area contributed by atoms with Gasteiger partial charge in [0.05, 0.1) is 22.2 Å². The number of hydrazone groups is 1. The number of hydrogen-bond acceptors (Lipinski definition) is 5. The molecule has 7 nitrogen and oxygen atoms in total. The van der Waals surface area contributed by atoms with Crippen molar-refractivity contribution in [2.24, 2.45) is 5.10 Å². The monoisotopic (exact) mass is 362 g/mol. The molecule has 0 bridgehead atoms. The Bertz CT molecular complexity index is 1120. The number of nitrogens with zero attached hydrogens (tertiary/aromatic N) is 3. The van der Waals surface area contributed by atoms with E-state index in [2.05, 4.69) is 15.5 Å². The summed E-state index contributed by atoms with van der Waals surface area (Å²) in [4.78, 5) is 28.9. The number of benzene rings is 2. The van der Waals surface area contributed by atoms with Crippen molar-refractivity contribution in [1.82, 2.24) is 9.55 Å². The molecule has 2 N–H and O–H groups in total. The smallest absolute Gasteiger partial charge is 0.335 e. The molecule has 7 heteroatoms. The highest BCUT2D eigenvalue weighted by atomic mass is 16.4. The first-order valence-corrected chi connectivity index (χ1v) is 8.72. The maximum Gasteiger partial charge on any atom is 0.335 e. The minimum atomic E-state index is -1.07. The van der Waals surface area contributed by atoms with E-state index >= 15 is 0 Å². The van der Waals surface area contributed by atoms with Crippen molar-refractivity contribution < 1.29 is 9.90 Å². The number of hydrogen-bond donors (Lipinski definition) is 2. The summed E-state index contributed by atoms with van der Waals surface area (Å²) in [5.74, 6) is -0.542. The molecule has 1 aliphatic heterocycles. The van der Waals surface area contributed by atoms with Crippen LogP contribution in [-0.4, -0.2) is 26.3 Å². The summed E-state index contributed by atoms with van der Waals surface area (Å²) in [5, 5.41) is 14.0. The number of aromatic nitrogens is 2. The van der Waals surface area contributed by atoms with Gasteiger partial charge >= 0.3 is 5.97 Å². The first kappa shape index (κ1) is 17.0. The van der Waals surface area contributed by atoms with E-state index in [0.29, 0.717) is 28.9 Å². The third-order valence-electron chi connectivity index (χ3n) is 4.74. The lowest BCUT2D eigenvalue weighted by Crippen LogP contribution is -2.34. The van der Waals surface area contributed by atoms with E-state index in [4.69, 9.17) is 0 Å². The molecular formula is C20H18N4O3. The van der Waals surface area contributed by atoms with Crippen molar-refractivity contribution in [3.8, 4) is 0 Å². The third-order valence-corrected chi connectivity index (χ3v) is 4.74. The van der Waals surface area contributed by atoms with Gasteiger partial charge in [0.2, 0.25) is 0 Å². The molecule has 0 saturated heterocycles. The number of aromatic carboxylic acids is 1. The number of fused-ring (bicyclic) bond motifs is 2. The van der Waals surface area contributed by atoms with Crippen LogP contribution in [0.2, 0.25) is 0 Å². The van der Waals surface area contributed by atoms with Gasteiger partial charge in [-0.3, -0.25) is 14.8 Å². The predicted octanol–water partition coefficient (Wildman–Crippen LogP) is 3.27. The second-order valence-electron chi connectivity index (χ2n) is 6.57. The molecule has 2 aromatic carbocycles. The summed E-state index contributed by atoms with van der Waals surface area (Å²) in [5.41, 5.74) is 4.88. The normalized spacial score (nSPS) is 17.7. The van der Waals surface area contributed by atoms with E-state index < -0.39 is 5.97 Å². The van der Waals surface area contributed by atoms with Crippen molar-refractivity contribution >= 4 is 28.3 Å². The molecule has 0 aliphatic carbocycles. The van der Waals surface area contributed by atoms with Crippen molar-refractivity contribution in [2.75, 3.05) is 5.43 Å². The molecule has 1 unspecified atom stereocenters. The first-order chi connectivity index (χ1) is 13.0. The number of nitrogens with one attached hydrogen (secondary N) is 1. The number of para-hydroxylation sites is 1. The maximum absolute atomic E-state index is 13.0. The van der Waals surface area contributed by atoms with E-state index in [1.165, 1.54) is 12.1 Å². The van der Waals surface area contributed by atoms with Crippen LogP contribution in [-0.2, 0) is 0 Å². The molecule has 2 heterocycles. The van der Waals surface area contributed by atoms with E-state index in [9.17, 15) is 14.7 Å². The van der Waals surface area contributed by atoms with Crippen LogP contribution in [0.25, 0.3) is 10.9 Å². The van der Waals surface area contributed by atoms with Gasteiger partial charge in [-0.15, -0.1) is 0 Å². The summed E-state index contributed by atoms with van der Waals surface area (Å²) in [6.45, 7) is 1.96. The van der Waals surface area contributed by atoms with Crippen LogP contribution in [0.1, 0.15) is 42.0 Å². The van der Waals surface area contributed by atoms with Gasteiger partial charge in [-0.1, -0.05) is 18.2 Å². The Morgan fingerprint density at radius 1 is 1.26 bits per heavy atom. The molecule has 0 saturated carbocycles. The topological polar surface area (TPSA) is 96.6 Å². The van der Waals surface area contributed by atoms with Gasteiger partial charge in [-0.25, -0.2) is 9.78 Å². The number of carboxylic acids is 1. The van der Waals surface area contributed by atoms with Crippen molar-refractivity contribution in [3.63, 3.8) is 0 Å². The fourth-order valence-electron chi connectivity index (χ4n) is 3.28. The molecule has 1 aromatic heterocycles. The van der Waals surface area contributed by atoms with E-state index in [1.54, 1.807) is 10.6 Å². The lowest BCUT2D eigenvalue weighted by molar-refractivity contribution is 0.0697. The molecule has 4 rings (SSSR count). The molecule has 1 atom stereocenters. The summed E-state index contributed by atoms with van der Waals surface area (Å²) in [6.07, 6.45) is 1.46. The molecule has 0 radical (unpaired) electrons. The zero-order valence-electron chi connectivity index (χ0n) is 14.7. The fraction of sp³-hybridized carbons (Fsp3) is 0.200. The van der Waals surface area contributed by atoms with Crippen LogP contribution in [0.3, 0.4) is 0 Å². The van der Waals surface area contributed by atoms with Crippen LogP contribution in [0.4, 0.5) is 5.69 Å². The van der Waals surface area contributed by atoms with Crippen molar-refractivity contribution in [3.05, 3.63) is 70.3 Å². The van der Waals surface area contributed by atoms with Crippen LogP contribution >= 0.6 is 0 Å². The zero-order valence-corrected chi connectivity index (χ0v) is 14.7. The SMILES string of the molecule is CC1CC/C(=N\Nc2ccccc2)c2nc3ccc(C(=O)O)cc3c(=O)n21. The molecule has 0 spiro atoms. The molecule has 27 heavy (non-hydrogen) atoms. The van der Waals surface area contributed by atoms with Gasteiger partial charge in [0.25, 0.3) is 5.56 Å². The Morgan fingerprint density at radius 2 is 2.04 bits per heavy atom. The highest BCUT2D eigenvalue weighted by molar-refractivity contribution is 6.00. The van der Waals surface area contributed by atoms with Gasteiger partial charge in [0, 0.05) is 6.04 Å². The lowest BCUT2D eigenvalue weighted by atomic mass is 10.0. The van der Waals surface area contributed by atoms with Gasteiger partial charge in [-0.2, -0.15) is 5.10 Å². The predicted molar refractivity (Wildman–Crippen MR) is 104 cm³/mol. The Kier molecular flexibility index (Phi) is 4.19. The highest BCUT2D eigenvalue weighted by Crippen LogP contribution is 2.24. The Hall–Kier alpha value is -3.48. The van der Waals surface area contributed by atoms with E-state index in [-0.39, 0.29) is 17.2 Å². The average molecular weight is 362 g/mol. The fourth-order valence-corrected chi connectivity index (χ4v) is 3.28. The van der Waals surface area contributed by atoms with Crippen LogP contribution < -0.4 is 11.0 Å². The van der Waals surface area contributed by atoms with Gasteiger partial charge in [-0.05, 0) is 50.1 Å². The number of anilines is 1. The summed E-state index contributed by atoms with van der Waals surface area (Å²) in [7, 11) is 0. The van der Waals surface area contributed by atoms with Crippen molar-refractivity contribution in [1.29, 1.82) is 0 Å². The van der Waals surface area contributed by atoms with Gasteiger partial charge < -0.3 is 5.11 Å². The molecule has 3 aromatic rings. The maximum atomic E-state index is 13.0. The first-order valence-electron chi connectivity index (χ1n) is 8.72. The van der Waals surface area contributed by atoms with E-state index in [1.807, 2.05) is 37.3 Å². The third kappa shape index (κ3) is 3.08. The Morgan fingerprint density at radius 3 is 2.78 bits per heavy atom. The number of rotatable bonds is 3. The number of carboxylic acid groups (broad SMARTS) is 1. The second-order valence-corrected chi connectivity index (χ2v) is 6.57. The second kappa shape index (κ2) is 6.68. The summed E-state index contributed by atoms with van der Waals surface area (Å²) < 4.78 is 1.61. The summed E-state index contributed by atoms with van der Waals surface area (Å²) >= 11 is 0. The van der Waals surface area contributed by atoms with Gasteiger partial charge in [0.15, 0.2) is 5.82 Å². The number of carbonyl (C=O) groups is 1. The highest BCUT2D eigenvalue weighted by Gasteiger charge is 2.25. The standard InChI is InChI=1S/C20H18N4O3/c1-12-7-9-17(23-22-14-5-3-2-4-6-14)18-21-16-10-8-13(20(26)27)11-15(16)19(25)24(12)18/h2-6,8,10-12,22H,7,9H2,1H3,(H,26,27)/b23-17+. The molecule has 1 aliphatic rings. The Labute approximate surface area is 155 Å². The average Bonchev–Trinajstić information content (AvgIpc) is 2.68. The lowest BCUT2D eigenvalue weighted by Gasteiger charge is -2.25. The quantitative estimate of drug-likeness (QED) is 0.697. The summed E-state index contributed by atoms with van der Waals surface area (Å²) in [6, 6.07) is 13.9. The largest absolute Gasteiger partial charge is 0.478 e.